The number of carbonyl (C=O) groups is 2. The highest BCUT2D eigenvalue weighted by atomic mass is 35.5. The Morgan fingerprint density at radius 3 is 2.48 bits per heavy atom. The molecule has 1 amide bonds. The zero-order valence-electron chi connectivity index (χ0n) is 15.5. The van der Waals surface area contributed by atoms with E-state index in [0.717, 1.165) is 11.8 Å². The number of benzene rings is 1. The maximum absolute atomic E-state index is 12.1. The predicted octanol–water partition coefficient (Wildman–Crippen LogP) is 1.81. The van der Waals surface area contributed by atoms with E-state index in [1.54, 1.807) is 19.1 Å². The number of esters is 1. The van der Waals surface area contributed by atoms with Gasteiger partial charge in [-0.05, 0) is 31.4 Å². The maximum atomic E-state index is 12.1. The number of anilines is 1. The van der Waals surface area contributed by atoms with Gasteiger partial charge in [0.05, 0.1) is 25.0 Å². The van der Waals surface area contributed by atoms with Crippen molar-refractivity contribution in [3.63, 3.8) is 0 Å². The van der Waals surface area contributed by atoms with Crippen molar-refractivity contribution in [2.75, 3.05) is 38.4 Å². The molecule has 1 aromatic carbocycles. The van der Waals surface area contributed by atoms with Crippen LogP contribution in [0.4, 0.5) is 5.69 Å². The van der Waals surface area contributed by atoms with Crippen LogP contribution in [0.2, 0.25) is 5.02 Å². The molecule has 150 valence electrons. The molecule has 1 N–H and O–H groups in total. The lowest BCUT2D eigenvalue weighted by atomic mass is 9.98. The zero-order chi connectivity index (χ0) is 20.2. The van der Waals surface area contributed by atoms with Crippen LogP contribution in [-0.4, -0.2) is 57.7 Å². The first kappa shape index (κ1) is 21.5. The number of halogens is 1. The average molecular weight is 419 g/mol. The van der Waals surface area contributed by atoms with E-state index in [2.05, 4.69) is 5.32 Å². The van der Waals surface area contributed by atoms with E-state index >= 15 is 0 Å². The number of carbonyl (C=O) groups excluding carboxylic acids is 2. The molecule has 1 saturated heterocycles. The molecule has 1 aliphatic heterocycles. The molecule has 10 heteroatoms. The van der Waals surface area contributed by atoms with Gasteiger partial charge in [0.15, 0.2) is 6.61 Å². The fourth-order valence-corrected chi connectivity index (χ4v) is 3.82. The van der Waals surface area contributed by atoms with Crippen molar-refractivity contribution >= 4 is 39.2 Å². The highest BCUT2D eigenvalue weighted by Crippen LogP contribution is 2.30. The fourth-order valence-electron chi connectivity index (χ4n) is 2.79. The molecule has 2 rings (SSSR count). The first-order valence-electron chi connectivity index (χ1n) is 8.37. The SMILES string of the molecule is COc1cc(Cl)c(C)cc1NC(=O)COC(=O)C1CCN(S(C)(=O)=O)CC1. The summed E-state index contributed by atoms with van der Waals surface area (Å²) in [5.74, 6) is -1.02. The monoisotopic (exact) mass is 418 g/mol. The number of nitrogens with zero attached hydrogens (tertiary/aromatic N) is 1. The van der Waals surface area contributed by atoms with Gasteiger partial charge < -0.3 is 14.8 Å². The van der Waals surface area contributed by atoms with Gasteiger partial charge in [-0.1, -0.05) is 11.6 Å². The molecule has 1 aromatic rings. The van der Waals surface area contributed by atoms with E-state index in [1.165, 1.54) is 11.4 Å². The Balaban J connectivity index is 1.86. The Labute approximate surface area is 163 Å². The van der Waals surface area contributed by atoms with Crippen LogP contribution in [0.25, 0.3) is 0 Å². The molecule has 0 aliphatic carbocycles. The number of methoxy groups -OCH3 is 1. The molecule has 0 aromatic heterocycles. The van der Waals surface area contributed by atoms with Crippen molar-refractivity contribution in [1.82, 2.24) is 4.31 Å². The van der Waals surface area contributed by atoms with Crippen molar-refractivity contribution in [2.24, 2.45) is 5.92 Å². The summed E-state index contributed by atoms with van der Waals surface area (Å²) in [4.78, 5) is 24.2. The summed E-state index contributed by atoms with van der Waals surface area (Å²) in [5.41, 5.74) is 1.20. The minimum Gasteiger partial charge on any atom is -0.495 e. The average Bonchev–Trinajstić information content (AvgIpc) is 2.62. The number of piperidine rings is 1. The van der Waals surface area contributed by atoms with Crippen LogP contribution in [0.1, 0.15) is 18.4 Å². The lowest BCUT2D eigenvalue weighted by molar-refractivity contribution is -0.152. The summed E-state index contributed by atoms with van der Waals surface area (Å²) in [7, 11) is -1.79. The minimum absolute atomic E-state index is 0.270. The number of sulfonamides is 1. The number of nitrogens with one attached hydrogen (secondary N) is 1. The summed E-state index contributed by atoms with van der Waals surface area (Å²) in [6.45, 7) is 1.90. The lowest BCUT2D eigenvalue weighted by Gasteiger charge is -2.28. The molecule has 0 radical (unpaired) electrons. The van der Waals surface area contributed by atoms with E-state index in [1.807, 2.05) is 0 Å². The first-order valence-corrected chi connectivity index (χ1v) is 10.6. The number of aryl methyl sites for hydroxylation is 1. The van der Waals surface area contributed by atoms with Gasteiger partial charge in [-0.3, -0.25) is 9.59 Å². The van der Waals surface area contributed by atoms with Crippen molar-refractivity contribution in [2.45, 2.75) is 19.8 Å². The van der Waals surface area contributed by atoms with Gasteiger partial charge in [-0.2, -0.15) is 0 Å². The lowest BCUT2D eigenvalue weighted by Crippen LogP contribution is -2.40. The smallest absolute Gasteiger partial charge is 0.309 e. The van der Waals surface area contributed by atoms with Crippen molar-refractivity contribution in [1.29, 1.82) is 0 Å². The summed E-state index contributed by atoms with van der Waals surface area (Å²) >= 11 is 6.03. The van der Waals surface area contributed by atoms with Gasteiger partial charge in [0.1, 0.15) is 5.75 Å². The second-order valence-corrected chi connectivity index (χ2v) is 8.78. The van der Waals surface area contributed by atoms with Gasteiger partial charge >= 0.3 is 5.97 Å². The second kappa shape index (κ2) is 8.90. The molecule has 0 atom stereocenters. The predicted molar refractivity (Wildman–Crippen MR) is 101 cm³/mol. The molecule has 0 bridgehead atoms. The van der Waals surface area contributed by atoms with Crippen molar-refractivity contribution < 1.29 is 27.5 Å². The molecule has 0 spiro atoms. The summed E-state index contributed by atoms with van der Waals surface area (Å²) in [5, 5.41) is 3.14. The molecule has 27 heavy (non-hydrogen) atoms. The summed E-state index contributed by atoms with van der Waals surface area (Å²) < 4.78 is 34.6. The van der Waals surface area contributed by atoms with Crippen LogP contribution in [0.15, 0.2) is 12.1 Å². The Kier molecular flexibility index (Phi) is 7.07. The van der Waals surface area contributed by atoms with Gasteiger partial charge in [0.25, 0.3) is 5.91 Å². The third-order valence-corrected chi connectivity index (χ3v) is 6.07. The minimum atomic E-state index is -3.25. The Morgan fingerprint density at radius 1 is 1.30 bits per heavy atom. The van der Waals surface area contributed by atoms with E-state index in [4.69, 9.17) is 21.1 Å². The van der Waals surface area contributed by atoms with Crippen molar-refractivity contribution in [3.05, 3.63) is 22.7 Å². The normalized spacial score (nSPS) is 16.0. The Morgan fingerprint density at radius 2 is 1.93 bits per heavy atom. The topological polar surface area (TPSA) is 102 Å². The highest BCUT2D eigenvalue weighted by Gasteiger charge is 2.30. The van der Waals surface area contributed by atoms with Gasteiger partial charge in [0.2, 0.25) is 10.0 Å². The van der Waals surface area contributed by atoms with E-state index in [9.17, 15) is 18.0 Å². The van der Waals surface area contributed by atoms with Crippen LogP contribution < -0.4 is 10.1 Å². The van der Waals surface area contributed by atoms with Crippen LogP contribution in [0.3, 0.4) is 0 Å². The molecular formula is C17H23ClN2O6S. The number of ether oxygens (including phenoxy) is 2. The highest BCUT2D eigenvalue weighted by molar-refractivity contribution is 7.88. The van der Waals surface area contributed by atoms with E-state index < -0.39 is 34.4 Å². The molecule has 0 saturated carbocycles. The number of hydrogen-bond acceptors (Lipinski definition) is 6. The Bertz CT molecular complexity index is 819. The summed E-state index contributed by atoms with van der Waals surface area (Å²) in [6, 6.07) is 3.26. The standard InChI is InChI=1S/C17H23ClN2O6S/c1-11-8-14(15(25-2)9-13(11)18)19-16(21)10-26-17(22)12-4-6-20(7-5-12)27(3,23)24/h8-9,12H,4-7,10H2,1-3H3,(H,19,21). The van der Waals surface area contributed by atoms with Crippen molar-refractivity contribution in [3.8, 4) is 5.75 Å². The van der Waals surface area contributed by atoms with E-state index in [-0.39, 0.29) is 13.1 Å². The largest absolute Gasteiger partial charge is 0.495 e. The van der Waals surface area contributed by atoms with Gasteiger partial charge in [-0.25, -0.2) is 12.7 Å². The number of hydrogen-bond donors (Lipinski definition) is 1. The molecule has 8 nitrogen and oxygen atoms in total. The molecule has 0 unspecified atom stereocenters. The quantitative estimate of drug-likeness (QED) is 0.707. The van der Waals surface area contributed by atoms with Crippen LogP contribution in [0.5, 0.6) is 5.75 Å². The Hall–Kier alpha value is -1.84. The van der Waals surface area contributed by atoms with Crippen LogP contribution in [0, 0.1) is 12.8 Å². The maximum Gasteiger partial charge on any atom is 0.309 e. The molecular weight excluding hydrogens is 396 g/mol. The van der Waals surface area contributed by atoms with Gasteiger partial charge in [-0.15, -0.1) is 0 Å². The third kappa shape index (κ3) is 5.82. The molecule has 1 aliphatic rings. The summed E-state index contributed by atoms with van der Waals surface area (Å²) in [6.07, 6.45) is 1.89. The van der Waals surface area contributed by atoms with Crippen LogP contribution in [-0.2, 0) is 24.3 Å². The zero-order valence-corrected chi connectivity index (χ0v) is 17.0. The molecule has 1 fully saturated rings. The molecule has 1 heterocycles. The number of amides is 1. The van der Waals surface area contributed by atoms with E-state index in [0.29, 0.717) is 29.3 Å². The third-order valence-electron chi connectivity index (χ3n) is 4.36. The number of rotatable bonds is 6. The fraction of sp³-hybridized carbons (Fsp3) is 0.529. The first-order chi connectivity index (χ1) is 12.6. The van der Waals surface area contributed by atoms with Gasteiger partial charge in [0, 0.05) is 24.2 Å². The second-order valence-electron chi connectivity index (χ2n) is 6.39. The van der Waals surface area contributed by atoms with Crippen LogP contribution >= 0.6 is 11.6 Å².